The average Bonchev–Trinajstić information content (AvgIpc) is 2.72. The van der Waals surface area contributed by atoms with Gasteiger partial charge in [-0.15, -0.1) is 0 Å². The fraction of sp³-hybridized carbons (Fsp3) is 0.286. The van der Waals surface area contributed by atoms with Crippen molar-refractivity contribution in [2.24, 2.45) is 10.7 Å². The van der Waals surface area contributed by atoms with Crippen molar-refractivity contribution in [1.29, 1.82) is 0 Å². The minimum atomic E-state index is -3.70. The summed E-state index contributed by atoms with van der Waals surface area (Å²) in [6.45, 7) is 2.81. The van der Waals surface area contributed by atoms with Crippen molar-refractivity contribution in [2.45, 2.75) is 31.8 Å². The topological polar surface area (TPSA) is 71.7 Å². The number of hydrogen-bond donors (Lipinski definition) is 3. The fourth-order valence-electron chi connectivity index (χ4n) is 2.87. The lowest BCUT2D eigenvalue weighted by molar-refractivity contribution is -0.0372. The molecule has 0 aliphatic carbocycles. The van der Waals surface area contributed by atoms with E-state index in [0.717, 1.165) is 17.7 Å². The van der Waals surface area contributed by atoms with Crippen LogP contribution in [0.15, 0.2) is 65.4 Å². The van der Waals surface area contributed by atoms with Crippen LogP contribution in [-0.2, 0) is 23.8 Å². The molecule has 0 spiro atoms. The van der Waals surface area contributed by atoms with Crippen LogP contribution in [0.25, 0.3) is 0 Å². The van der Waals surface area contributed by atoms with Crippen molar-refractivity contribution in [3.8, 4) is 0 Å². The third-order valence-electron chi connectivity index (χ3n) is 4.18. The zero-order valence-corrected chi connectivity index (χ0v) is 15.8. The first-order chi connectivity index (χ1) is 14.2. The second-order valence-electron chi connectivity index (χ2n) is 6.51. The van der Waals surface area contributed by atoms with Crippen LogP contribution in [0.2, 0.25) is 0 Å². The number of nitrogens with two attached hydrogens (primary N) is 1. The maximum atomic E-state index is 14.6. The Morgan fingerprint density at radius 3 is 2.76 bits per heavy atom. The van der Waals surface area contributed by atoms with Crippen LogP contribution in [0.4, 0.5) is 13.2 Å². The molecule has 2 atom stereocenters. The number of hydrogen-bond acceptors (Lipinski definition) is 5. The molecule has 0 fully saturated rings. The summed E-state index contributed by atoms with van der Waals surface area (Å²) in [5.74, 6) is -2.92. The highest BCUT2D eigenvalue weighted by atomic mass is 19.3. The normalized spacial score (nSPS) is 20.4. The minimum absolute atomic E-state index is 0.177. The molecule has 3 rings (SSSR count). The van der Waals surface area contributed by atoms with Gasteiger partial charge in [0.15, 0.2) is 5.79 Å². The van der Waals surface area contributed by atoms with E-state index < -0.39 is 29.6 Å². The SMILES string of the molecule is [2H]C(c1cccc(COCC)c1)C1(N)N=CC=C(NC(F)(F)c2ccccc2F)N1. The molecule has 5 nitrogen and oxygen atoms in total. The molecular formula is C21H23F3N4O. The Kier molecular flexibility index (Phi) is 5.82. The highest BCUT2D eigenvalue weighted by Gasteiger charge is 2.37. The van der Waals surface area contributed by atoms with E-state index in [9.17, 15) is 13.2 Å². The van der Waals surface area contributed by atoms with E-state index in [1.165, 1.54) is 24.4 Å². The van der Waals surface area contributed by atoms with Gasteiger partial charge < -0.3 is 15.4 Å². The Morgan fingerprint density at radius 2 is 2.00 bits per heavy atom. The summed E-state index contributed by atoms with van der Waals surface area (Å²) in [7, 11) is 0. The fourth-order valence-corrected chi connectivity index (χ4v) is 2.87. The highest BCUT2D eigenvalue weighted by molar-refractivity contribution is 5.73. The van der Waals surface area contributed by atoms with Crippen LogP contribution >= 0.6 is 0 Å². The van der Waals surface area contributed by atoms with Crippen LogP contribution < -0.4 is 16.4 Å². The maximum Gasteiger partial charge on any atom is 0.354 e. The smallest absolute Gasteiger partial charge is 0.354 e. The summed E-state index contributed by atoms with van der Waals surface area (Å²) < 4.78 is 56.9. The van der Waals surface area contributed by atoms with E-state index in [1.54, 1.807) is 18.2 Å². The van der Waals surface area contributed by atoms with Gasteiger partial charge in [-0.1, -0.05) is 36.4 Å². The maximum absolute atomic E-state index is 14.6. The molecule has 0 saturated heterocycles. The number of allylic oxidation sites excluding steroid dienone is 1. The lowest BCUT2D eigenvalue weighted by Crippen LogP contribution is -2.57. The highest BCUT2D eigenvalue weighted by Crippen LogP contribution is 2.28. The van der Waals surface area contributed by atoms with Crippen molar-refractivity contribution in [3.05, 3.63) is 82.9 Å². The van der Waals surface area contributed by atoms with Crippen LogP contribution in [0.1, 0.15) is 25.0 Å². The quantitative estimate of drug-likeness (QED) is 0.589. The molecule has 0 bridgehead atoms. The Hall–Kier alpha value is -2.84. The van der Waals surface area contributed by atoms with Crippen molar-refractivity contribution in [1.82, 2.24) is 10.6 Å². The predicted molar refractivity (Wildman–Crippen MR) is 106 cm³/mol. The molecule has 0 amide bonds. The number of aliphatic imine (C=N–C) groups is 1. The molecule has 2 aromatic rings. The number of nitrogens with one attached hydrogen (secondary N) is 2. The standard InChI is InChI=1S/C21H23F3N4O/c1-2-29-14-16-7-5-6-15(12-16)13-20(25)26-11-10-19(27-20)28-21(23,24)17-8-3-4-9-18(17)22/h3-12,27-28H,2,13-14,25H2,1H3/i13D. The summed E-state index contributed by atoms with van der Waals surface area (Å²) in [6.07, 6.45) is 1.38. The first kappa shape index (κ1) is 19.5. The Balaban J connectivity index is 1.77. The van der Waals surface area contributed by atoms with Crippen molar-refractivity contribution >= 4 is 6.21 Å². The van der Waals surface area contributed by atoms with Crippen LogP contribution in [0.3, 0.4) is 0 Å². The molecule has 2 unspecified atom stereocenters. The molecule has 154 valence electrons. The zero-order valence-electron chi connectivity index (χ0n) is 16.8. The Morgan fingerprint density at radius 1 is 1.24 bits per heavy atom. The van der Waals surface area contributed by atoms with Crippen molar-refractivity contribution < 1.29 is 19.3 Å². The van der Waals surface area contributed by atoms with E-state index in [4.69, 9.17) is 11.8 Å². The average molecular weight is 405 g/mol. The molecule has 0 radical (unpaired) electrons. The molecule has 1 aliphatic rings. The molecule has 2 aromatic carbocycles. The van der Waals surface area contributed by atoms with Crippen LogP contribution in [0, 0.1) is 5.82 Å². The number of nitrogens with zero attached hydrogens (tertiary/aromatic N) is 1. The van der Waals surface area contributed by atoms with E-state index in [-0.39, 0.29) is 5.82 Å². The third-order valence-corrected chi connectivity index (χ3v) is 4.18. The molecule has 1 heterocycles. The molecular weight excluding hydrogens is 381 g/mol. The Bertz CT molecular complexity index is 953. The van der Waals surface area contributed by atoms with Gasteiger partial charge in [0.1, 0.15) is 11.6 Å². The van der Waals surface area contributed by atoms with E-state index in [2.05, 4.69) is 10.3 Å². The summed E-state index contributed by atoms with van der Waals surface area (Å²) in [6, 6.07) is 7.98. The van der Waals surface area contributed by atoms with Gasteiger partial charge in [-0.2, -0.15) is 8.78 Å². The molecule has 0 saturated carbocycles. The third kappa shape index (κ3) is 5.36. The molecule has 0 aromatic heterocycles. The van der Waals surface area contributed by atoms with Gasteiger partial charge in [0.2, 0.25) is 0 Å². The van der Waals surface area contributed by atoms with Gasteiger partial charge >= 0.3 is 6.05 Å². The lowest BCUT2D eigenvalue weighted by Gasteiger charge is -2.33. The second kappa shape index (κ2) is 8.67. The molecule has 29 heavy (non-hydrogen) atoms. The van der Waals surface area contributed by atoms with Crippen molar-refractivity contribution in [2.75, 3.05) is 6.61 Å². The first-order valence-electron chi connectivity index (χ1n) is 9.65. The number of alkyl halides is 2. The number of rotatable bonds is 8. The van der Waals surface area contributed by atoms with Gasteiger partial charge in [0.05, 0.1) is 12.2 Å². The van der Waals surface area contributed by atoms with Crippen LogP contribution in [-0.4, -0.2) is 18.6 Å². The first-order valence-corrected chi connectivity index (χ1v) is 9.07. The van der Waals surface area contributed by atoms with E-state index >= 15 is 0 Å². The summed E-state index contributed by atoms with van der Waals surface area (Å²) in [4.78, 5) is 4.09. The van der Waals surface area contributed by atoms with E-state index in [1.807, 2.05) is 18.3 Å². The van der Waals surface area contributed by atoms with Gasteiger partial charge in [-0.25, -0.2) is 4.39 Å². The molecule has 8 heteroatoms. The summed E-state index contributed by atoms with van der Waals surface area (Å²) in [5, 5.41) is 4.60. The largest absolute Gasteiger partial charge is 0.377 e. The second-order valence-corrected chi connectivity index (χ2v) is 6.51. The lowest BCUT2D eigenvalue weighted by atomic mass is 10.0. The van der Waals surface area contributed by atoms with E-state index in [0.29, 0.717) is 18.8 Å². The van der Waals surface area contributed by atoms with Gasteiger partial charge in [0.25, 0.3) is 0 Å². The minimum Gasteiger partial charge on any atom is -0.377 e. The molecule has 1 aliphatic heterocycles. The predicted octanol–water partition coefficient (Wildman–Crippen LogP) is 3.37. The molecule has 4 N–H and O–H groups in total. The summed E-state index contributed by atoms with van der Waals surface area (Å²) >= 11 is 0. The number of halogens is 3. The number of ether oxygens (including phenoxy) is 1. The monoisotopic (exact) mass is 405 g/mol. The number of benzene rings is 2. The van der Waals surface area contributed by atoms with Gasteiger partial charge in [-0.3, -0.25) is 10.7 Å². The van der Waals surface area contributed by atoms with Crippen LogP contribution in [0.5, 0.6) is 0 Å². The summed E-state index contributed by atoms with van der Waals surface area (Å²) in [5.41, 5.74) is 6.83. The van der Waals surface area contributed by atoms with Crippen molar-refractivity contribution in [3.63, 3.8) is 0 Å². The zero-order chi connectivity index (χ0) is 21.8. The Labute approximate surface area is 168 Å². The van der Waals surface area contributed by atoms with Gasteiger partial charge in [-0.05, 0) is 36.3 Å². The van der Waals surface area contributed by atoms with Gasteiger partial charge in [0, 0.05) is 20.6 Å².